The molecule has 0 saturated carbocycles. The molecule has 20 heavy (non-hydrogen) atoms. The minimum absolute atomic E-state index is 0.0720. The van der Waals surface area contributed by atoms with E-state index in [0.717, 1.165) is 0 Å². The van der Waals surface area contributed by atoms with Crippen LogP contribution in [0.1, 0.15) is 16.1 Å². The van der Waals surface area contributed by atoms with Crippen molar-refractivity contribution in [1.82, 2.24) is 0 Å². The Morgan fingerprint density at radius 2 is 2.10 bits per heavy atom. The molecular formula is C14H10ClNO4. The zero-order chi connectivity index (χ0) is 14.5. The van der Waals surface area contributed by atoms with Crippen LogP contribution in [0.3, 0.4) is 0 Å². The van der Waals surface area contributed by atoms with Gasteiger partial charge in [-0.15, -0.1) is 0 Å². The highest BCUT2D eigenvalue weighted by Crippen LogP contribution is 2.20. The Balaban J connectivity index is 2.13. The van der Waals surface area contributed by atoms with E-state index in [2.05, 4.69) is 5.32 Å². The van der Waals surface area contributed by atoms with E-state index in [-0.39, 0.29) is 16.3 Å². The molecule has 1 amide bonds. The number of anilines is 1. The second-order valence-corrected chi connectivity index (χ2v) is 4.27. The van der Waals surface area contributed by atoms with Crippen LogP contribution >= 0.6 is 11.6 Å². The Kier molecular flexibility index (Phi) is 4.22. The Bertz CT molecular complexity index is 662. The number of furan rings is 1. The third kappa shape index (κ3) is 3.49. The zero-order valence-electron chi connectivity index (χ0n) is 10.2. The minimum atomic E-state index is -1.17. The number of hydrogen-bond acceptors (Lipinski definition) is 3. The summed E-state index contributed by atoms with van der Waals surface area (Å²) in [6, 6.07) is 7.59. The molecule has 2 N–H and O–H groups in total. The topological polar surface area (TPSA) is 79.5 Å². The smallest absolute Gasteiger partial charge is 0.337 e. The van der Waals surface area contributed by atoms with Crippen molar-refractivity contribution in [3.63, 3.8) is 0 Å². The molecule has 0 radical (unpaired) electrons. The summed E-state index contributed by atoms with van der Waals surface area (Å²) >= 11 is 5.72. The van der Waals surface area contributed by atoms with Crippen molar-refractivity contribution in [2.75, 3.05) is 5.32 Å². The molecule has 0 saturated heterocycles. The van der Waals surface area contributed by atoms with E-state index in [4.69, 9.17) is 21.1 Å². The molecule has 1 aromatic heterocycles. The Hall–Kier alpha value is -2.53. The summed E-state index contributed by atoms with van der Waals surface area (Å²) in [5.41, 5.74) is 0.105. The lowest BCUT2D eigenvalue weighted by molar-refractivity contribution is -0.111. The highest BCUT2D eigenvalue weighted by Gasteiger charge is 2.12. The van der Waals surface area contributed by atoms with Gasteiger partial charge in [0, 0.05) is 11.1 Å². The number of rotatable bonds is 4. The maximum absolute atomic E-state index is 11.7. The molecule has 0 aliphatic heterocycles. The van der Waals surface area contributed by atoms with Crippen LogP contribution in [0.15, 0.2) is 47.1 Å². The molecule has 6 heteroatoms. The van der Waals surface area contributed by atoms with Gasteiger partial charge in [-0.2, -0.15) is 0 Å². The lowest BCUT2D eigenvalue weighted by Crippen LogP contribution is -2.11. The summed E-state index contributed by atoms with van der Waals surface area (Å²) < 4.78 is 5.03. The number of hydrogen-bond donors (Lipinski definition) is 2. The van der Waals surface area contributed by atoms with E-state index >= 15 is 0 Å². The SMILES string of the molecule is O=C(C=Cc1ccco1)Nc1ccc(Cl)cc1C(=O)O. The van der Waals surface area contributed by atoms with Gasteiger partial charge >= 0.3 is 5.97 Å². The van der Waals surface area contributed by atoms with Gasteiger partial charge in [0.2, 0.25) is 5.91 Å². The Morgan fingerprint density at radius 3 is 2.75 bits per heavy atom. The number of halogens is 1. The Labute approximate surface area is 119 Å². The van der Waals surface area contributed by atoms with Crippen molar-refractivity contribution < 1.29 is 19.1 Å². The van der Waals surface area contributed by atoms with Gasteiger partial charge in [-0.1, -0.05) is 11.6 Å². The van der Waals surface area contributed by atoms with Crippen molar-refractivity contribution >= 4 is 35.2 Å². The second-order valence-electron chi connectivity index (χ2n) is 3.83. The molecule has 2 rings (SSSR count). The van der Waals surface area contributed by atoms with Crippen LogP contribution in [0.5, 0.6) is 0 Å². The molecule has 2 aromatic rings. The summed E-state index contributed by atoms with van der Waals surface area (Å²) in [5, 5.41) is 11.8. The molecule has 0 fully saturated rings. The standard InChI is InChI=1S/C14H10ClNO4/c15-9-3-5-12(11(8-9)14(18)19)16-13(17)6-4-10-2-1-7-20-10/h1-8H,(H,16,17)(H,18,19). The summed E-state index contributed by atoms with van der Waals surface area (Å²) in [7, 11) is 0. The number of nitrogens with one attached hydrogen (secondary N) is 1. The predicted molar refractivity (Wildman–Crippen MR) is 74.8 cm³/mol. The first kappa shape index (κ1) is 13.9. The Morgan fingerprint density at radius 1 is 1.30 bits per heavy atom. The van der Waals surface area contributed by atoms with Gasteiger partial charge in [-0.25, -0.2) is 4.79 Å². The van der Waals surface area contributed by atoms with Gasteiger partial charge in [0.25, 0.3) is 0 Å². The fraction of sp³-hybridized carbons (Fsp3) is 0. The summed E-state index contributed by atoms with van der Waals surface area (Å²) in [6.45, 7) is 0. The van der Waals surface area contributed by atoms with Crippen molar-refractivity contribution in [1.29, 1.82) is 0 Å². The lowest BCUT2D eigenvalue weighted by atomic mass is 10.2. The first-order chi connectivity index (χ1) is 9.56. The molecule has 0 atom stereocenters. The summed E-state index contributed by atoms with van der Waals surface area (Å²) in [5.74, 6) is -1.11. The van der Waals surface area contributed by atoms with Gasteiger partial charge in [0.15, 0.2) is 0 Å². The first-order valence-corrected chi connectivity index (χ1v) is 5.99. The maximum Gasteiger partial charge on any atom is 0.337 e. The maximum atomic E-state index is 11.7. The number of carboxylic acids is 1. The van der Waals surface area contributed by atoms with Gasteiger partial charge < -0.3 is 14.8 Å². The van der Waals surface area contributed by atoms with Gasteiger partial charge in [0.05, 0.1) is 17.5 Å². The third-order valence-corrected chi connectivity index (χ3v) is 2.65. The van der Waals surface area contributed by atoms with Crippen LogP contribution in [-0.2, 0) is 4.79 Å². The second kappa shape index (κ2) is 6.08. The molecule has 0 spiro atoms. The van der Waals surface area contributed by atoms with Crippen LogP contribution in [-0.4, -0.2) is 17.0 Å². The van der Waals surface area contributed by atoms with Crippen molar-refractivity contribution in [2.45, 2.75) is 0 Å². The van der Waals surface area contributed by atoms with Crippen LogP contribution in [0, 0.1) is 0 Å². The first-order valence-electron chi connectivity index (χ1n) is 5.61. The fourth-order valence-electron chi connectivity index (χ4n) is 1.52. The van der Waals surface area contributed by atoms with Crippen molar-refractivity contribution in [3.05, 3.63) is 59.0 Å². The molecule has 1 heterocycles. The molecule has 102 valence electrons. The van der Waals surface area contributed by atoms with E-state index in [0.29, 0.717) is 5.76 Å². The zero-order valence-corrected chi connectivity index (χ0v) is 10.9. The summed E-state index contributed by atoms with van der Waals surface area (Å²) in [6.07, 6.45) is 4.21. The largest absolute Gasteiger partial charge is 0.478 e. The molecule has 1 aromatic carbocycles. The van der Waals surface area contributed by atoms with E-state index in [1.54, 1.807) is 12.1 Å². The van der Waals surface area contributed by atoms with Gasteiger partial charge in [-0.05, 0) is 36.4 Å². The van der Waals surface area contributed by atoms with Crippen LogP contribution < -0.4 is 5.32 Å². The highest BCUT2D eigenvalue weighted by molar-refractivity contribution is 6.31. The minimum Gasteiger partial charge on any atom is -0.478 e. The third-order valence-electron chi connectivity index (χ3n) is 2.41. The van der Waals surface area contributed by atoms with Crippen molar-refractivity contribution in [3.8, 4) is 0 Å². The fourth-order valence-corrected chi connectivity index (χ4v) is 1.69. The quantitative estimate of drug-likeness (QED) is 0.847. The number of carbonyl (C=O) groups excluding carboxylic acids is 1. The van der Waals surface area contributed by atoms with E-state index in [1.165, 1.54) is 36.6 Å². The molecule has 0 unspecified atom stereocenters. The van der Waals surface area contributed by atoms with Gasteiger partial charge in [-0.3, -0.25) is 4.79 Å². The van der Waals surface area contributed by atoms with Crippen LogP contribution in [0.4, 0.5) is 5.69 Å². The van der Waals surface area contributed by atoms with Crippen molar-refractivity contribution in [2.24, 2.45) is 0 Å². The lowest BCUT2D eigenvalue weighted by Gasteiger charge is -2.06. The predicted octanol–water partition coefficient (Wildman–Crippen LogP) is 3.28. The number of carboxylic acid groups (broad SMARTS) is 1. The van der Waals surface area contributed by atoms with Crippen LogP contribution in [0.25, 0.3) is 6.08 Å². The molecule has 0 aliphatic rings. The highest BCUT2D eigenvalue weighted by atomic mass is 35.5. The monoisotopic (exact) mass is 291 g/mol. The number of aromatic carboxylic acids is 1. The van der Waals surface area contributed by atoms with E-state index < -0.39 is 11.9 Å². The number of benzene rings is 1. The van der Waals surface area contributed by atoms with E-state index in [9.17, 15) is 9.59 Å². The van der Waals surface area contributed by atoms with E-state index in [1.807, 2.05) is 0 Å². The molecule has 5 nitrogen and oxygen atoms in total. The average molecular weight is 292 g/mol. The normalized spacial score (nSPS) is 10.7. The van der Waals surface area contributed by atoms with Gasteiger partial charge in [0.1, 0.15) is 5.76 Å². The number of carbonyl (C=O) groups is 2. The summed E-state index contributed by atoms with van der Waals surface area (Å²) in [4.78, 5) is 22.8. The molecule has 0 bridgehead atoms. The molecule has 0 aliphatic carbocycles. The number of amides is 1. The molecular weight excluding hydrogens is 282 g/mol. The average Bonchev–Trinajstić information content (AvgIpc) is 2.91. The van der Waals surface area contributed by atoms with Crippen LogP contribution in [0.2, 0.25) is 5.02 Å².